The van der Waals surface area contributed by atoms with Gasteiger partial charge in [-0.05, 0) is 118 Å². The van der Waals surface area contributed by atoms with Gasteiger partial charge in [0.05, 0.1) is 0 Å². The first-order valence-corrected chi connectivity index (χ1v) is 12.9. The topological polar surface area (TPSA) is 31.1 Å². The first-order chi connectivity index (χ1) is 15.3. The second kappa shape index (κ2) is 12.0. The Bertz CT molecular complexity index is 931. The fourth-order valence-corrected chi connectivity index (χ4v) is 5.27. The van der Waals surface area contributed by atoms with E-state index in [4.69, 9.17) is 11.6 Å². The second-order valence-electron chi connectivity index (χ2n) is 8.61. The average Bonchev–Trinajstić information content (AvgIpc) is 3.20. The van der Waals surface area contributed by atoms with Crippen molar-refractivity contribution in [1.29, 1.82) is 0 Å². The number of rotatable bonds is 11. The number of benzene rings is 2. The highest BCUT2D eigenvalue weighted by molar-refractivity contribution is 7.97. The number of piperidine rings is 1. The van der Waals surface area contributed by atoms with E-state index in [1.54, 1.807) is 11.9 Å². The third-order valence-electron chi connectivity index (χ3n) is 6.21. The summed E-state index contributed by atoms with van der Waals surface area (Å²) >= 11 is 7.88. The van der Waals surface area contributed by atoms with Crippen molar-refractivity contribution in [1.82, 2.24) is 14.6 Å². The minimum absolute atomic E-state index is 0.799. The van der Waals surface area contributed by atoms with Gasteiger partial charge < -0.3 is 9.88 Å². The highest BCUT2D eigenvalue weighted by Gasteiger charge is 2.09. The quantitative estimate of drug-likeness (QED) is 0.244. The molecule has 0 bridgehead atoms. The lowest BCUT2D eigenvalue weighted by Gasteiger charge is -2.26. The van der Waals surface area contributed by atoms with E-state index in [-0.39, 0.29) is 0 Å². The van der Waals surface area contributed by atoms with E-state index in [1.807, 2.05) is 12.1 Å². The van der Waals surface area contributed by atoms with E-state index in [0.717, 1.165) is 29.9 Å². The molecule has 0 atom stereocenters. The zero-order valence-corrected chi connectivity index (χ0v) is 19.9. The van der Waals surface area contributed by atoms with Crippen molar-refractivity contribution in [3.63, 3.8) is 0 Å². The molecule has 166 valence electrons. The number of halogens is 1. The van der Waals surface area contributed by atoms with Gasteiger partial charge in [-0.3, -0.25) is 4.72 Å². The molecule has 2 aromatic carbocycles. The van der Waals surface area contributed by atoms with Gasteiger partial charge in [0.15, 0.2) is 0 Å². The lowest BCUT2D eigenvalue weighted by Crippen LogP contribution is -2.30. The van der Waals surface area contributed by atoms with Crippen LogP contribution in [0.2, 0.25) is 5.02 Å². The standard InChI is InChI=1S/C26H34ClN3S/c27-23-11-14-26-25(19-23)22(20-28-26)8-6-15-29-31-24-12-9-21(10-13-24)7-2-5-18-30-16-3-1-4-17-30/h9-14,19-20,28-29H,1-8,15-18H2. The van der Waals surface area contributed by atoms with Crippen molar-refractivity contribution >= 4 is 34.5 Å². The number of nitrogens with zero attached hydrogens (tertiary/aromatic N) is 1. The average molecular weight is 456 g/mol. The minimum Gasteiger partial charge on any atom is -0.361 e. The summed E-state index contributed by atoms with van der Waals surface area (Å²) in [6.07, 6.45) is 12.3. The van der Waals surface area contributed by atoms with Crippen LogP contribution >= 0.6 is 23.5 Å². The largest absolute Gasteiger partial charge is 0.361 e. The molecular formula is C26H34ClN3S. The third-order valence-corrected chi connectivity index (χ3v) is 7.30. The molecule has 1 saturated heterocycles. The first kappa shape index (κ1) is 22.7. The molecule has 2 N–H and O–H groups in total. The molecule has 2 heterocycles. The number of aromatic nitrogens is 1. The molecule has 0 aliphatic carbocycles. The monoisotopic (exact) mass is 455 g/mol. The molecule has 31 heavy (non-hydrogen) atoms. The van der Waals surface area contributed by atoms with Crippen molar-refractivity contribution in [3.8, 4) is 0 Å². The van der Waals surface area contributed by atoms with Gasteiger partial charge in [0.25, 0.3) is 0 Å². The number of likely N-dealkylation sites (tertiary alicyclic amines) is 1. The van der Waals surface area contributed by atoms with E-state index in [0.29, 0.717) is 0 Å². The maximum atomic E-state index is 6.15. The van der Waals surface area contributed by atoms with Gasteiger partial charge in [-0.1, -0.05) is 30.2 Å². The Morgan fingerprint density at radius 3 is 2.61 bits per heavy atom. The van der Waals surface area contributed by atoms with E-state index < -0.39 is 0 Å². The minimum atomic E-state index is 0.799. The van der Waals surface area contributed by atoms with Crippen molar-refractivity contribution < 1.29 is 0 Å². The number of fused-ring (bicyclic) bond motifs is 1. The van der Waals surface area contributed by atoms with Crippen molar-refractivity contribution in [2.75, 3.05) is 26.2 Å². The summed E-state index contributed by atoms with van der Waals surface area (Å²) < 4.78 is 3.51. The molecule has 0 amide bonds. The molecule has 0 radical (unpaired) electrons. The van der Waals surface area contributed by atoms with Crippen LogP contribution in [0.15, 0.2) is 53.6 Å². The van der Waals surface area contributed by atoms with Gasteiger partial charge in [0.1, 0.15) is 0 Å². The fourth-order valence-electron chi connectivity index (χ4n) is 4.41. The lowest BCUT2D eigenvalue weighted by atomic mass is 10.1. The van der Waals surface area contributed by atoms with Crippen molar-refractivity contribution in [2.45, 2.75) is 56.3 Å². The highest BCUT2D eigenvalue weighted by atomic mass is 35.5. The molecule has 1 aliphatic heterocycles. The molecule has 0 spiro atoms. The smallest absolute Gasteiger partial charge is 0.0457 e. The number of nitrogens with one attached hydrogen (secondary N) is 2. The number of hydrogen-bond acceptors (Lipinski definition) is 3. The zero-order valence-electron chi connectivity index (χ0n) is 18.3. The van der Waals surface area contributed by atoms with Crippen LogP contribution in [0.5, 0.6) is 0 Å². The molecule has 1 aliphatic rings. The molecular weight excluding hydrogens is 422 g/mol. The number of H-pyrrole nitrogens is 1. The zero-order chi connectivity index (χ0) is 21.3. The predicted molar refractivity (Wildman–Crippen MR) is 135 cm³/mol. The fraction of sp³-hybridized carbons (Fsp3) is 0.462. The normalized spacial score (nSPS) is 15.0. The lowest BCUT2D eigenvalue weighted by molar-refractivity contribution is 0.225. The van der Waals surface area contributed by atoms with Crippen LogP contribution in [0.4, 0.5) is 0 Å². The Morgan fingerprint density at radius 1 is 0.935 bits per heavy atom. The van der Waals surface area contributed by atoms with Crippen LogP contribution in [0.25, 0.3) is 10.9 Å². The van der Waals surface area contributed by atoms with Gasteiger partial charge in [-0.25, -0.2) is 0 Å². The van der Waals surface area contributed by atoms with E-state index >= 15 is 0 Å². The summed E-state index contributed by atoms with van der Waals surface area (Å²) in [4.78, 5) is 7.26. The summed E-state index contributed by atoms with van der Waals surface area (Å²) in [5.41, 5.74) is 3.96. The van der Waals surface area contributed by atoms with Crippen LogP contribution < -0.4 is 4.72 Å². The van der Waals surface area contributed by atoms with Gasteiger partial charge in [0, 0.05) is 33.6 Å². The maximum Gasteiger partial charge on any atom is 0.0457 e. The molecule has 3 aromatic rings. The second-order valence-corrected chi connectivity index (χ2v) is 10.0. The molecule has 5 heteroatoms. The van der Waals surface area contributed by atoms with Gasteiger partial charge in [0.2, 0.25) is 0 Å². The Labute approximate surface area is 196 Å². The van der Waals surface area contributed by atoms with E-state index in [9.17, 15) is 0 Å². The SMILES string of the molecule is Clc1ccc2[nH]cc(CCCNSc3ccc(CCCCN4CCCCC4)cc3)c2c1. The van der Waals surface area contributed by atoms with E-state index in [1.165, 1.54) is 79.6 Å². The number of unbranched alkanes of at least 4 members (excludes halogenated alkanes) is 1. The number of aryl methyl sites for hydroxylation is 2. The number of hydrogen-bond donors (Lipinski definition) is 2. The summed E-state index contributed by atoms with van der Waals surface area (Å²) in [7, 11) is 0. The maximum absolute atomic E-state index is 6.15. The Kier molecular flexibility index (Phi) is 8.77. The predicted octanol–water partition coefficient (Wildman–Crippen LogP) is 6.86. The van der Waals surface area contributed by atoms with Gasteiger partial charge in [-0.15, -0.1) is 0 Å². The summed E-state index contributed by atoms with van der Waals surface area (Å²) in [6, 6.07) is 15.1. The van der Waals surface area contributed by atoms with Gasteiger partial charge >= 0.3 is 0 Å². The van der Waals surface area contributed by atoms with Crippen LogP contribution in [0.1, 0.15) is 49.7 Å². The molecule has 1 aromatic heterocycles. The van der Waals surface area contributed by atoms with Crippen LogP contribution in [-0.4, -0.2) is 36.1 Å². The third kappa shape index (κ3) is 7.01. The molecule has 4 rings (SSSR count). The van der Waals surface area contributed by atoms with Crippen molar-refractivity contribution in [3.05, 3.63) is 64.8 Å². The van der Waals surface area contributed by atoms with Crippen LogP contribution in [0, 0.1) is 0 Å². The molecule has 3 nitrogen and oxygen atoms in total. The molecule has 1 fully saturated rings. The first-order valence-electron chi connectivity index (χ1n) is 11.7. The van der Waals surface area contributed by atoms with Crippen LogP contribution in [0.3, 0.4) is 0 Å². The Hall–Kier alpha value is -1.46. The van der Waals surface area contributed by atoms with E-state index in [2.05, 4.69) is 51.1 Å². The Morgan fingerprint density at radius 2 is 1.77 bits per heavy atom. The number of aromatic amines is 1. The summed E-state index contributed by atoms with van der Waals surface area (Å²) in [5.74, 6) is 0. The Balaban J connectivity index is 1.11. The summed E-state index contributed by atoms with van der Waals surface area (Å²) in [5, 5.41) is 2.04. The molecule has 0 unspecified atom stereocenters. The van der Waals surface area contributed by atoms with Crippen LogP contribution in [-0.2, 0) is 12.8 Å². The summed E-state index contributed by atoms with van der Waals surface area (Å²) in [6.45, 7) is 4.89. The highest BCUT2D eigenvalue weighted by Crippen LogP contribution is 2.23. The van der Waals surface area contributed by atoms with Gasteiger partial charge in [-0.2, -0.15) is 0 Å². The molecule has 0 saturated carbocycles. The van der Waals surface area contributed by atoms with Crippen molar-refractivity contribution in [2.24, 2.45) is 0 Å².